The molecule has 0 saturated carbocycles. The number of rotatable bonds is 6. The molecular weight excluding hydrogens is 334 g/mol. The molecule has 2 atom stereocenters. The molecule has 1 saturated heterocycles. The topological polar surface area (TPSA) is 61.4 Å². The first kappa shape index (κ1) is 17.6. The van der Waals surface area contributed by atoms with E-state index in [9.17, 15) is 9.59 Å². The number of amides is 2. The fourth-order valence-electron chi connectivity index (χ4n) is 3.08. The first-order valence-corrected chi connectivity index (χ1v) is 9.39. The van der Waals surface area contributed by atoms with Gasteiger partial charge in [0.25, 0.3) is 5.91 Å². The molecule has 5 nitrogen and oxygen atoms in total. The number of carbonyl (C=O) groups excluding carboxylic acids is 2. The summed E-state index contributed by atoms with van der Waals surface area (Å²) in [6.45, 7) is 1.73. The Morgan fingerprint density at radius 3 is 2.72 bits per heavy atom. The molecule has 1 aromatic heterocycles. The van der Waals surface area contributed by atoms with Crippen molar-refractivity contribution in [2.24, 2.45) is 0 Å². The van der Waals surface area contributed by atoms with Crippen LogP contribution in [0, 0.1) is 0 Å². The summed E-state index contributed by atoms with van der Waals surface area (Å²) >= 11 is 1.38. The number of hydrogen-bond donors (Lipinski definition) is 2. The normalized spacial score (nSPS) is 17.9. The largest absolute Gasteiger partial charge is 0.340 e. The lowest BCUT2D eigenvalue weighted by atomic mass is 10.0. The van der Waals surface area contributed by atoms with Crippen molar-refractivity contribution in [1.82, 2.24) is 15.5 Å². The molecule has 2 heterocycles. The van der Waals surface area contributed by atoms with Gasteiger partial charge in [0.15, 0.2) is 0 Å². The monoisotopic (exact) mass is 357 g/mol. The zero-order valence-electron chi connectivity index (χ0n) is 14.3. The van der Waals surface area contributed by atoms with Gasteiger partial charge in [-0.25, -0.2) is 0 Å². The van der Waals surface area contributed by atoms with E-state index in [0.717, 1.165) is 25.1 Å². The highest BCUT2D eigenvalue weighted by Gasteiger charge is 2.30. The van der Waals surface area contributed by atoms with Crippen molar-refractivity contribution in [3.05, 3.63) is 58.3 Å². The molecule has 0 spiro atoms. The van der Waals surface area contributed by atoms with Crippen LogP contribution in [-0.4, -0.2) is 48.9 Å². The summed E-state index contributed by atoms with van der Waals surface area (Å²) in [5.74, 6) is -0.232. The lowest BCUT2D eigenvalue weighted by Crippen LogP contribution is -2.51. The van der Waals surface area contributed by atoms with E-state index in [1.807, 2.05) is 48.8 Å². The lowest BCUT2D eigenvalue weighted by molar-refractivity contribution is -0.133. The molecule has 2 unspecified atom stereocenters. The summed E-state index contributed by atoms with van der Waals surface area (Å²) in [5.41, 5.74) is 1.03. The summed E-state index contributed by atoms with van der Waals surface area (Å²) in [5, 5.41) is 8.07. The molecule has 0 bridgehead atoms. The Kier molecular flexibility index (Phi) is 5.83. The van der Waals surface area contributed by atoms with Gasteiger partial charge in [0.05, 0.1) is 4.88 Å². The van der Waals surface area contributed by atoms with Crippen molar-refractivity contribution in [2.45, 2.75) is 24.9 Å². The van der Waals surface area contributed by atoms with Gasteiger partial charge in [0.2, 0.25) is 5.91 Å². The molecule has 1 aliphatic rings. The predicted octanol–water partition coefficient (Wildman–Crippen LogP) is 1.91. The second-order valence-electron chi connectivity index (χ2n) is 6.29. The average molecular weight is 357 g/mol. The smallest absolute Gasteiger partial charge is 0.262 e. The zero-order valence-corrected chi connectivity index (χ0v) is 15.1. The molecule has 6 heteroatoms. The van der Waals surface area contributed by atoms with Crippen LogP contribution in [0.15, 0.2) is 47.8 Å². The van der Waals surface area contributed by atoms with Crippen molar-refractivity contribution in [3.8, 4) is 0 Å². The number of hydrogen-bond acceptors (Lipinski definition) is 4. The minimum Gasteiger partial charge on any atom is -0.340 e. The second kappa shape index (κ2) is 8.27. The highest BCUT2D eigenvalue weighted by atomic mass is 32.1. The van der Waals surface area contributed by atoms with Crippen molar-refractivity contribution in [2.75, 3.05) is 20.1 Å². The Morgan fingerprint density at radius 2 is 2.08 bits per heavy atom. The molecule has 1 aliphatic heterocycles. The van der Waals surface area contributed by atoms with Crippen molar-refractivity contribution in [1.29, 1.82) is 0 Å². The SMILES string of the molecule is CN(C(=O)C(Cc1ccccc1)NC(=O)c1cccs1)C1CCNC1. The van der Waals surface area contributed by atoms with E-state index in [1.54, 1.807) is 11.0 Å². The Hall–Kier alpha value is -2.18. The zero-order chi connectivity index (χ0) is 17.6. The average Bonchev–Trinajstić information content (AvgIpc) is 3.34. The third-order valence-electron chi connectivity index (χ3n) is 4.56. The third kappa shape index (κ3) is 4.46. The number of likely N-dealkylation sites (N-methyl/N-ethyl adjacent to an activating group) is 1. The van der Waals surface area contributed by atoms with Crippen LogP contribution in [0.4, 0.5) is 0 Å². The summed E-state index contributed by atoms with van der Waals surface area (Å²) in [6.07, 6.45) is 1.43. The Balaban J connectivity index is 1.75. The van der Waals surface area contributed by atoms with Gasteiger partial charge in [-0.15, -0.1) is 11.3 Å². The third-order valence-corrected chi connectivity index (χ3v) is 5.43. The van der Waals surface area contributed by atoms with E-state index in [1.165, 1.54) is 11.3 Å². The fourth-order valence-corrected chi connectivity index (χ4v) is 3.71. The lowest BCUT2D eigenvalue weighted by Gasteiger charge is -2.29. The quantitative estimate of drug-likeness (QED) is 0.830. The van der Waals surface area contributed by atoms with Gasteiger partial charge < -0.3 is 15.5 Å². The van der Waals surface area contributed by atoms with Gasteiger partial charge in [0, 0.05) is 26.1 Å². The molecule has 1 fully saturated rings. The molecule has 132 valence electrons. The van der Waals surface area contributed by atoms with Gasteiger partial charge in [-0.3, -0.25) is 9.59 Å². The number of benzene rings is 1. The van der Waals surface area contributed by atoms with Crippen molar-refractivity contribution < 1.29 is 9.59 Å². The van der Waals surface area contributed by atoms with E-state index in [2.05, 4.69) is 10.6 Å². The molecule has 0 aliphatic carbocycles. The molecular formula is C19H23N3O2S. The number of thiophene rings is 1. The van der Waals surface area contributed by atoms with Gasteiger partial charge in [0.1, 0.15) is 6.04 Å². The minimum atomic E-state index is -0.567. The number of carbonyl (C=O) groups is 2. The van der Waals surface area contributed by atoms with Crippen LogP contribution in [0.1, 0.15) is 21.7 Å². The van der Waals surface area contributed by atoms with Crippen LogP contribution >= 0.6 is 11.3 Å². The summed E-state index contributed by atoms with van der Waals surface area (Å²) in [6, 6.07) is 13.0. The summed E-state index contributed by atoms with van der Waals surface area (Å²) < 4.78 is 0. The second-order valence-corrected chi connectivity index (χ2v) is 7.24. The van der Waals surface area contributed by atoms with Crippen LogP contribution in [0.5, 0.6) is 0 Å². The van der Waals surface area contributed by atoms with Crippen LogP contribution < -0.4 is 10.6 Å². The molecule has 2 amide bonds. The van der Waals surface area contributed by atoms with Gasteiger partial charge in [-0.2, -0.15) is 0 Å². The number of nitrogens with one attached hydrogen (secondary N) is 2. The molecule has 25 heavy (non-hydrogen) atoms. The summed E-state index contributed by atoms with van der Waals surface area (Å²) in [7, 11) is 1.83. The van der Waals surface area contributed by atoms with E-state index in [4.69, 9.17) is 0 Å². The fraction of sp³-hybridized carbons (Fsp3) is 0.368. The summed E-state index contributed by atoms with van der Waals surface area (Å²) in [4.78, 5) is 27.9. The standard InChI is InChI=1S/C19H23N3O2S/c1-22(15-9-10-20-13-15)19(24)16(12-14-6-3-2-4-7-14)21-18(23)17-8-5-11-25-17/h2-8,11,15-16,20H,9-10,12-13H2,1H3,(H,21,23). The maximum absolute atomic E-state index is 13.0. The van der Waals surface area contributed by atoms with Crippen LogP contribution in [0.3, 0.4) is 0 Å². The van der Waals surface area contributed by atoms with Gasteiger partial charge >= 0.3 is 0 Å². The molecule has 3 rings (SSSR count). The van der Waals surface area contributed by atoms with Crippen LogP contribution in [-0.2, 0) is 11.2 Å². The first-order valence-electron chi connectivity index (χ1n) is 8.51. The highest BCUT2D eigenvalue weighted by Crippen LogP contribution is 2.13. The molecule has 0 radical (unpaired) electrons. The van der Waals surface area contributed by atoms with E-state index >= 15 is 0 Å². The van der Waals surface area contributed by atoms with Crippen LogP contribution in [0.25, 0.3) is 0 Å². The maximum atomic E-state index is 13.0. The molecule has 2 aromatic rings. The predicted molar refractivity (Wildman–Crippen MR) is 99.8 cm³/mol. The molecule has 2 N–H and O–H groups in total. The van der Waals surface area contributed by atoms with Gasteiger partial charge in [-0.05, 0) is 30.0 Å². The van der Waals surface area contributed by atoms with E-state index in [0.29, 0.717) is 11.3 Å². The maximum Gasteiger partial charge on any atom is 0.262 e. The molecule has 1 aromatic carbocycles. The first-order chi connectivity index (χ1) is 12.1. The van der Waals surface area contributed by atoms with Gasteiger partial charge in [-0.1, -0.05) is 36.4 Å². The Labute approximate surface area is 152 Å². The Morgan fingerprint density at radius 1 is 1.28 bits per heavy atom. The van der Waals surface area contributed by atoms with Crippen LogP contribution in [0.2, 0.25) is 0 Å². The minimum absolute atomic E-state index is 0.0394. The van der Waals surface area contributed by atoms with Crippen molar-refractivity contribution >= 4 is 23.2 Å². The Bertz CT molecular complexity index is 697. The number of nitrogens with zero attached hydrogens (tertiary/aromatic N) is 1. The van der Waals surface area contributed by atoms with E-state index in [-0.39, 0.29) is 17.9 Å². The highest BCUT2D eigenvalue weighted by molar-refractivity contribution is 7.12. The van der Waals surface area contributed by atoms with Crippen molar-refractivity contribution in [3.63, 3.8) is 0 Å². The van der Waals surface area contributed by atoms with E-state index < -0.39 is 6.04 Å².